The zero-order valence-corrected chi connectivity index (χ0v) is 19.0. The van der Waals surface area contributed by atoms with Gasteiger partial charge in [0.05, 0.1) is 28.2 Å². The highest BCUT2D eigenvalue weighted by atomic mass is 35.5. The van der Waals surface area contributed by atoms with Crippen LogP contribution in [0.2, 0.25) is 0 Å². The molecular weight excluding hydrogens is 419 g/mol. The van der Waals surface area contributed by atoms with Crippen LogP contribution < -0.4 is 5.32 Å². The number of aromatic nitrogens is 1. The Morgan fingerprint density at radius 3 is 2.87 bits per heavy atom. The van der Waals surface area contributed by atoms with Crippen LogP contribution in [0.1, 0.15) is 72.9 Å². The van der Waals surface area contributed by atoms with E-state index in [1.54, 1.807) is 30.1 Å². The van der Waals surface area contributed by atoms with Gasteiger partial charge in [0.25, 0.3) is 0 Å². The predicted octanol–water partition coefficient (Wildman–Crippen LogP) is 7.20. The van der Waals surface area contributed by atoms with Crippen molar-refractivity contribution in [2.75, 3.05) is 5.32 Å². The molecule has 2 aliphatic carbocycles. The number of hydrogen-bond acceptors (Lipinski definition) is 3. The highest BCUT2D eigenvalue weighted by molar-refractivity contribution is 7.99. The maximum absolute atomic E-state index is 13.5. The van der Waals surface area contributed by atoms with Crippen molar-refractivity contribution in [3.05, 3.63) is 53.1 Å². The summed E-state index contributed by atoms with van der Waals surface area (Å²) >= 11 is 8.27. The van der Waals surface area contributed by atoms with Gasteiger partial charge in [-0.05, 0) is 54.5 Å². The zero-order chi connectivity index (χ0) is 21.3. The number of carbonyl (C=O) groups is 1. The molecule has 0 bridgehead atoms. The molecule has 0 spiro atoms. The normalized spacial score (nSPS) is 22.1. The Balaban J connectivity index is 1.47. The van der Waals surface area contributed by atoms with Gasteiger partial charge in [-0.15, -0.1) is 23.4 Å². The van der Waals surface area contributed by atoms with E-state index in [4.69, 9.17) is 11.6 Å². The summed E-state index contributed by atoms with van der Waals surface area (Å²) in [6, 6.07) is 6.61. The zero-order valence-electron chi connectivity index (χ0n) is 17.5. The number of hydrogen-bond donors (Lipinski definition) is 1. The Labute approximate surface area is 187 Å². The maximum Gasteiger partial charge on any atom is 0.224 e. The van der Waals surface area contributed by atoms with Crippen LogP contribution in [0, 0.1) is 24.6 Å². The highest BCUT2D eigenvalue weighted by Crippen LogP contribution is 2.52. The second-order valence-electron chi connectivity index (χ2n) is 8.64. The summed E-state index contributed by atoms with van der Waals surface area (Å²) in [7, 11) is 0. The van der Waals surface area contributed by atoms with Gasteiger partial charge >= 0.3 is 0 Å². The topological polar surface area (TPSA) is 42.0 Å². The standard InChI is InChI=1S/C24H28ClFN2OS/c1-14(16-6-3-4-7-16)10-22(29)28-20-13-27-24-21(12-19(25)23(24)15(20)2)30-18-9-5-8-17(26)11-18/h5,8-9,11,13-14,16,19,21H,3-4,6-7,10,12H2,1-2H3,(H,28,29). The molecule has 1 fully saturated rings. The lowest BCUT2D eigenvalue weighted by Crippen LogP contribution is -2.20. The van der Waals surface area contributed by atoms with Crippen LogP contribution in [-0.2, 0) is 4.79 Å². The van der Waals surface area contributed by atoms with Gasteiger partial charge in [0.2, 0.25) is 5.91 Å². The predicted molar refractivity (Wildman–Crippen MR) is 122 cm³/mol. The van der Waals surface area contributed by atoms with Gasteiger partial charge in [-0.2, -0.15) is 0 Å². The molecular formula is C24H28ClFN2OS. The summed E-state index contributed by atoms with van der Waals surface area (Å²) < 4.78 is 13.5. The molecule has 1 N–H and O–H groups in total. The average molecular weight is 447 g/mol. The average Bonchev–Trinajstić information content (AvgIpc) is 3.33. The molecule has 1 aromatic carbocycles. The second kappa shape index (κ2) is 9.27. The molecule has 3 atom stereocenters. The van der Waals surface area contributed by atoms with E-state index < -0.39 is 0 Å². The Kier molecular flexibility index (Phi) is 6.69. The summed E-state index contributed by atoms with van der Waals surface area (Å²) in [5.41, 5.74) is 3.69. The number of carbonyl (C=O) groups excluding carboxylic acids is 1. The first-order valence-electron chi connectivity index (χ1n) is 10.8. The van der Waals surface area contributed by atoms with E-state index >= 15 is 0 Å². The van der Waals surface area contributed by atoms with Crippen molar-refractivity contribution in [1.82, 2.24) is 4.98 Å². The molecule has 1 heterocycles. The highest BCUT2D eigenvalue weighted by Gasteiger charge is 2.34. The minimum Gasteiger partial charge on any atom is -0.324 e. The molecule has 1 saturated carbocycles. The quantitative estimate of drug-likeness (QED) is 0.477. The van der Waals surface area contributed by atoms with Gasteiger partial charge in [-0.25, -0.2) is 4.39 Å². The molecule has 1 amide bonds. The van der Waals surface area contributed by atoms with Crippen LogP contribution in [0.15, 0.2) is 35.4 Å². The van der Waals surface area contributed by atoms with Crippen molar-refractivity contribution < 1.29 is 9.18 Å². The summed E-state index contributed by atoms with van der Waals surface area (Å²) in [5.74, 6) is 0.884. The van der Waals surface area contributed by atoms with Crippen molar-refractivity contribution in [3.8, 4) is 0 Å². The lowest BCUT2D eigenvalue weighted by atomic mass is 9.89. The number of fused-ring (bicyclic) bond motifs is 1. The van der Waals surface area contributed by atoms with Crippen molar-refractivity contribution in [2.24, 2.45) is 11.8 Å². The maximum atomic E-state index is 13.5. The lowest BCUT2D eigenvalue weighted by molar-refractivity contribution is -0.117. The smallest absolute Gasteiger partial charge is 0.224 e. The van der Waals surface area contributed by atoms with Crippen LogP contribution in [0.4, 0.5) is 10.1 Å². The molecule has 3 nitrogen and oxygen atoms in total. The number of alkyl halides is 1. The molecule has 4 rings (SSSR count). The van der Waals surface area contributed by atoms with Crippen LogP contribution in [0.3, 0.4) is 0 Å². The third-order valence-electron chi connectivity index (χ3n) is 6.52. The Hall–Kier alpha value is -1.59. The van der Waals surface area contributed by atoms with E-state index in [1.807, 2.05) is 13.0 Å². The van der Waals surface area contributed by atoms with Gasteiger partial charge in [-0.3, -0.25) is 9.78 Å². The largest absolute Gasteiger partial charge is 0.324 e. The summed E-state index contributed by atoms with van der Waals surface area (Å²) in [6.45, 7) is 4.19. The van der Waals surface area contributed by atoms with Crippen LogP contribution in [0.25, 0.3) is 0 Å². The molecule has 1 aromatic heterocycles. The minimum atomic E-state index is -0.241. The SMILES string of the molecule is Cc1c(NC(=O)CC(C)C2CCCC2)cnc2c1C(Cl)CC2Sc1cccc(F)c1. The third kappa shape index (κ3) is 4.67. The fraction of sp³-hybridized carbons (Fsp3) is 0.500. The Morgan fingerprint density at radius 2 is 2.13 bits per heavy atom. The fourth-order valence-electron chi connectivity index (χ4n) is 4.83. The van der Waals surface area contributed by atoms with Crippen LogP contribution >= 0.6 is 23.4 Å². The second-order valence-corrected chi connectivity index (χ2v) is 10.4. The van der Waals surface area contributed by atoms with E-state index in [9.17, 15) is 9.18 Å². The molecule has 0 radical (unpaired) electrons. The Bertz CT molecular complexity index is 931. The number of benzene rings is 1. The van der Waals surface area contributed by atoms with E-state index in [-0.39, 0.29) is 22.4 Å². The van der Waals surface area contributed by atoms with Gasteiger partial charge in [0.15, 0.2) is 0 Å². The monoisotopic (exact) mass is 446 g/mol. The number of anilines is 1. The van der Waals surface area contributed by atoms with E-state index in [1.165, 1.54) is 31.7 Å². The van der Waals surface area contributed by atoms with Gasteiger partial charge in [0.1, 0.15) is 5.82 Å². The summed E-state index contributed by atoms with van der Waals surface area (Å²) in [5, 5.41) is 2.99. The number of rotatable bonds is 6. The number of thioether (sulfide) groups is 1. The molecule has 0 saturated heterocycles. The van der Waals surface area contributed by atoms with Gasteiger partial charge < -0.3 is 5.32 Å². The molecule has 2 aromatic rings. The van der Waals surface area contributed by atoms with Crippen molar-refractivity contribution in [1.29, 1.82) is 0 Å². The molecule has 2 aliphatic rings. The molecule has 3 unspecified atom stereocenters. The van der Waals surface area contributed by atoms with Crippen LogP contribution in [0.5, 0.6) is 0 Å². The van der Waals surface area contributed by atoms with E-state index in [0.717, 1.165) is 33.8 Å². The number of amides is 1. The van der Waals surface area contributed by atoms with Gasteiger partial charge in [-0.1, -0.05) is 38.7 Å². The first kappa shape index (κ1) is 21.6. The van der Waals surface area contributed by atoms with E-state index in [0.29, 0.717) is 18.3 Å². The first-order chi connectivity index (χ1) is 14.4. The lowest BCUT2D eigenvalue weighted by Gasteiger charge is -2.19. The summed E-state index contributed by atoms with van der Waals surface area (Å²) in [6.07, 6.45) is 8.09. The van der Waals surface area contributed by atoms with Crippen molar-refractivity contribution in [2.45, 2.75) is 67.9 Å². The Morgan fingerprint density at radius 1 is 1.37 bits per heavy atom. The summed E-state index contributed by atoms with van der Waals surface area (Å²) in [4.78, 5) is 18.2. The van der Waals surface area contributed by atoms with Crippen molar-refractivity contribution in [3.63, 3.8) is 0 Å². The van der Waals surface area contributed by atoms with Gasteiger partial charge in [0, 0.05) is 11.3 Å². The van der Waals surface area contributed by atoms with E-state index in [2.05, 4.69) is 17.2 Å². The minimum absolute atomic E-state index is 0.0501. The van der Waals surface area contributed by atoms with Crippen LogP contribution in [-0.4, -0.2) is 10.9 Å². The molecule has 160 valence electrons. The third-order valence-corrected chi connectivity index (χ3v) is 8.14. The molecule has 6 heteroatoms. The molecule has 0 aliphatic heterocycles. The fourth-order valence-corrected chi connectivity index (χ4v) is 6.64. The number of pyridine rings is 1. The first-order valence-corrected chi connectivity index (χ1v) is 12.1. The van der Waals surface area contributed by atoms with Crippen molar-refractivity contribution >= 4 is 35.0 Å². The number of halogens is 2. The number of nitrogens with one attached hydrogen (secondary N) is 1. The molecule has 30 heavy (non-hydrogen) atoms. The number of nitrogens with zero attached hydrogens (tertiary/aromatic N) is 1.